The zero-order valence-electron chi connectivity index (χ0n) is 12.1. The van der Waals surface area contributed by atoms with Crippen LogP contribution in [0.5, 0.6) is 5.75 Å². The fraction of sp³-hybridized carbons (Fsp3) is 0.235. The number of hydrogen-bond donors (Lipinski definition) is 2. The van der Waals surface area contributed by atoms with Crippen LogP contribution in [0.4, 0.5) is 5.69 Å². The van der Waals surface area contributed by atoms with Gasteiger partial charge in [0, 0.05) is 19.3 Å². The van der Waals surface area contributed by atoms with Crippen LogP contribution in [0.15, 0.2) is 54.6 Å². The fourth-order valence-electron chi connectivity index (χ4n) is 1.98. The normalized spacial score (nSPS) is 9.95. The molecule has 0 saturated heterocycles. The van der Waals surface area contributed by atoms with E-state index in [2.05, 4.69) is 10.6 Å². The van der Waals surface area contributed by atoms with Crippen molar-refractivity contribution in [2.24, 2.45) is 0 Å². The summed E-state index contributed by atoms with van der Waals surface area (Å²) in [6.07, 6.45) is 0.766. The van der Waals surface area contributed by atoms with Crippen molar-refractivity contribution < 1.29 is 9.53 Å². The van der Waals surface area contributed by atoms with Crippen molar-refractivity contribution in [2.75, 3.05) is 25.5 Å². The van der Waals surface area contributed by atoms with E-state index in [9.17, 15) is 4.79 Å². The molecule has 0 bridgehead atoms. The topological polar surface area (TPSA) is 50.4 Å². The first-order valence-electron chi connectivity index (χ1n) is 7.04. The van der Waals surface area contributed by atoms with Crippen molar-refractivity contribution in [1.82, 2.24) is 5.32 Å². The molecule has 0 aromatic heterocycles. The maximum absolute atomic E-state index is 12.1. The van der Waals surface area contributed by atoms with Gasteiger partial charge in [-0.2, -0.15) is 0 Å². The number of hydrogen-bond acceptors (Lipinski definition) is 3. The summed E-state index contributed by atoms with van der Waals surface area (Å²) < 4.78 is 5.57. The van der Waals surface area contributed by atoms with Crippen molar-refractivity contribution in [3.8, 4) is 5.75 Å². The quantitative estimate of drug-likeness (QED) is 0.769. The van der Waals surface area contributed by atoms with Crippen molar-refractivity contribution in [2.45, 2.75) is 6.42 Å². The van der Waals surface area contributed by atoms with Gasteiger partial charge in [0.2, 0.25) is 0 Å². The van der Waals surface area contributed by atoms with E-state index < -0.39 is 0 Å². The molecule has 0 atom stereocenters. The molecule has 0 unspecified atom stereocenters. The van der Waals surface area contributed by atoms with Gasteiger partial charge in [0.05, 0.1) is 12.2 Å². The Bertz CT molecular complexity index is 570. The predicted octanol–water partition coefficient (Wildman–Crippen LogP) is 2.93. The molecule has 1 amide bonds. The number of ether oxygens (including phenoxy) is 1. The molecule has 0 radical (unpaired) electrons. The Morgan fingerprint density at radius 3 is 2.52 bits per heavy atom. The number of amides is 1. The van der Waals surface area contributed by atoms with Gasteiger partial charge >= 0.3 is 0 Å². The van der Waals surface area contributed by atoms with Gasteiger partial charge in [0.15, 0.2) is 0 Å². The Balaban J connectivity index is 1.72. The fourth-order valence-corrected chi connectivity index (χ4v) is 1.98. The number of para-hydroxylation sites is 2. The van der Waals surface area contributed by atoms with Gasteiger partial charge in [-0.1, -0.05) is 30.3 Å². The number of carbonyl (C=O) groups excluding carboxylic acids is 1. The Labute approximate surface area is 125 Å². The first kappa shape index (κ1) is 14.9. The third-order valence-corrected chi connectivity index (χ3v) is 3.06. The van der Waals surface area contributed by atoms with Gasteiger partial charge in [0.1, 0.15) is 5.75 Å². The van der Waals surface area contributed by atoms with Crippen LogP contribution in [0.2, 0.25) is 0 Å². The minimum absolute atomic E-state index is 0.0698. The molecule has 2 N–H and O–H groups in total. The van der Waals surface area contributed by atoms with Gasteiger partial charge in [-0.3, -0.25) is 4.79 Å². The molecule has 0 saturated carbocycles. The van der Waals surface area contributed by atoms with E-state index in [0.29, 0.717) is 18.7 Å². The maximum Gasteiger partial charge on any atom is 0.253 e. The monoisotopic (exact) mass is 284 g/mol. The Hall–Kier alpha value is -2.49. The number of carbonyl (C=O) groups is 1. The average Bonchev–Trinajstić information content (AvgIpc) is 2.55. The molecular formula is C17H20N2O2. The van der Waals surface area contributed by atoms with Crippen LogP contribution in [0, 0.1) is 0 Å². The zero-order valence-corrected chi connectivity index (χ0v) is 12.1. The smallest absolute Gasteiger partial charge is 0.253 e. The van der Waals surface area contributed by atoms with E-state index in [1.54, 1.807) is 7.05 Å². The van der Waals surface area contributed by atoms with Crippen LogP contribution in [0.3, 0.4) is 0 Å². The van der Waals surface area contributed by atoms with E-state index in [1.807, 2.05) is 54.6 Å². The highest BCUT2D eigenvalue weighted by Gasteiger charge is 2.08. The van der Waals surface area contributed by atoms with Crippen LogP contribution in [0.25, 0.3) is 0 Å². The second-order valence-corrected chi connectivity index (χ2v) is 4.57. The SMILES string of the molecule is CNc1ccccc1C(=O)NCCCOc1ccccc1. The van der Waals surface area contributed by atoms with E-state index in [0.717, 1.165) is 17.9 Å². The first-order chi connectivity index (χ1) is 10.3. The molecule has 0 heterocycles. The van der Waals surface area contributed by atoms with Crippen LogP contribution < -0.4 is 15.4 Å². The van der Waals surface area contributed by atoms with Gasteiger partial charge in [0.25, 0.3) is 5.91 Å². The first-order valence-corrected chi connectivity index (χ1v) is 7.04. The Morgan fingerprint density at radius 1 is 1.05 bits per heavy atom. The Morgan fingerprint density at radius 2 is 1.76 bits per heavy atom. The second-order valence-electron chi connectivity index (χ2n) is 4.57. The molecule has 21 heavy (non-hydrogen) atoms. The van der Waals surface area contributed by atoms with Crippen molar-refractivity contribution in [1.29, 1.82) is 0 Å². The number of benzene rings is 2. The molecular weight excluding hydrogens is 264 g/mol. The summed E-state index contributed by atoms with van der Waals surface area (Å²) in [5, 5.41) is 5.92. The molecule has 4 nitrogen and oxygen atoms in total. The molecule has 2 rings (SSSR count). The largest absolute Gasteiger partial charge is 0.494 e. The molecule has 2 aromatic rings. The number of anilines is 1. The van der Waals surface area contributed by atoms with Crippen molar-refractivity contribution in [3.05, 3.63) is 60.2 Å². The van der Waals surface area contributed by atoms with E-state index in [1.165, 1.54) is 0 Å². The van der Waals surface area contributed by atoms with Crippen LogP contribution in [-0.4, -0.2) is 26.1 Å². The predicted molar refractivity (Wildman–Crippen MR) is 84.9 cm³/mol. The van der Waals surface area contributed by atoms with Gasteiger partial charge in [-0.15, -0.1) is 0 Å². The summed E-state index contributed by atoms with van der Waals surface area (Å²) in [5.41, 5.74) is 1.49. The summed E-state index contributed by atoms with van der Waals surface area (Å²) in [4.78, 5) is 12.1. The van der Waals surface area contributed by atoms with Crippen LogP contribution >= 0.6 is 0 Å². The van der Waals surface area contributed by atoms with E-state index in [4.69, 9.17) is 4.74 Å². The summed E-state index contributed by atoms with van der Waals surface area (Å²) in [6.45, 7) is 1.17. The molecule has 0 aliphatic rings. The lowest BCUT2D eigenvalue weighted by Gasteiger charge is -2.10. The molecule has 2 aromatic carbocycles. The number of rotatable bonds is 7. The van der Waals surface area contributed by atoms with Crippen molar-refractivity contribution >= 4 is 11.6 Å². The van der Waals surface area contributed by atoms with Crippen LogP contribution in [-0.2, 0) is 0 Å². The summed E-state index contributed by atoms with van der Waals surface area (Å²) in [7, 11) is 1.81. The number of nitrogens with one attached hydrogen (secondary N) is 2. The second kappa shape index (κ2) is 7.94. The third-order valence-electron chi connectivity index (χ3n) is 3.06. The zero-order chi connectivity index (χ0) is 14.9. The van der Waals surface area contributed by atoms with Gasteiger partial charge < -0.3 is 15.4 Å². The molecule has 0 aliphatic carbocycles. The van der Waals surface area contributed by atoms with Crippen molar-refractivity contribution in [3.63, 3.8) is 0 Å². The summed E-state index contributed by atoms with van der Waals surface area (Å²) in [6, 6.07) is 17.1. The van der Waals surface area contributed by atoms with E-state index >= 15 is 0 Å². The lowest BCUT2D eigenvalue weighted by Crippen LogP contribution is -2.26. The highest BCUT2D eigenvalue weighted by atomic mass is 16.5. The maximum atomic E-state index is 12.1. The van der Waals surface area contributed by atoms with Gasteiger partial charge in [-0.05, 0) is 30.7 Å². The molecule has 0 spiro atoms. The average molecular weight is 284 g/mol. The standard InChI is InChI=1S/C17H20N2O2/c1-18-16-11-6-5-10-15(16)17(20)19-12-7-13-21-14-8-3-2-4-9-14/h2-6,8-11,18H,7,12-13H2,1H3,(H,19,20). The minimum atomic E-state index is -0.0698. The molecule has 0 fully saturated rings. The lowest BCUT2D eigenvalue weighted by atomic mass is 10.1. The third kappa shape index (κ3) is 4.53. The summed E-state index contributed by atoms with van der Waals surface area (Å²) >= 11 is 0. The minimum Gasteiger partial charge on any atom is -0.494 e. The lowest BCUT2D eigenvalue weighted by molar-refractivity contribution is 0.0952. The van der Waals surface area contributed by atoms with Gasteiger partial charge in [-0.25, -0.2) is 0 Å². The Kier molecular flexibility index (Phi) is 5.64. The summed E-state index contributed by atoms with van der Waals surface area (Å²) in [5.74, 6) is 0.781. The van der Waals surface area contributed by atoms with Crippen LogP contribution in [0.1, 0.15) is 16.8 Å². The molecule has 110 valence electrons. The highest BCUT2D eigenvalue weighted by molar-refractivity contribution is 5.99. The molecule has 4 heteroatoms. The van der Waals surface area contributed by atoms with E-state index in [-0.39, 0.29) is 5.91 Å². The highest BCUT2D eigenvalue weighted by Crippen LogP contribution is 2.13. The molecule has 0 aliphatic heterocycles.